The molecule has 1 aromatic carbocycles. The van der Waals surface area contributed by atoms with Crippen molar-refractivity contribution in [2.24, 2.45) is 0 Å². The van der Waals surface area contributed by atoms with Crippen molar-refractivity contribution < 1.29 is 23.8 Å². The highest BCUT2D eigenvalue weighted by molar-refractivity contribution is 6.00. The first-order valence-corrected chi connectivity index (χ1v) is 8.57. The van der Waals surface area contributed by atoms with Crippen LogP contribution in [0.25, 0.3) is 0 Å². The molecular weight excluding hydrogens is 324 g/mol. The number of methoxy groups -OCH3 is 1. The van der Waals surface area contributed by atoms with Gasteiger partial charge in [-0.1, -0.05) is 12.1 Å². The summed E-state index contributed by atoms with van der Waals surface area (Å²) in [7, 11) is 1.61. The average molecular weight is 346 g/mol. The zero-order valence-electron chi connectivity index (χ0n) is 14.2. The van der Waals surface area contributed by atoms with Gasteiger partial charge in [-0.15, -0.1) is 0 Å². The van der Waals surface area contributed by atoms with Crippen LogP contribution in [0.15, 0.2) is 24.3 Å². The minimum atomic E-state index is -0.615. The second-order valence-corrected chi connectivity index (χ2v) is 6.92. The van der Waals surface area contributed by atoms with Gasteiger partial charge in [-0.25, -0.2) is 4.79 Å². The number of ketones is 1. The molecular formula is C18H22N2O5. The van der Waals surface area contributed by atoms with Gasteiger partial charge in [0.1, 0.15) is 17.5 Å². The Morgan fingerprint density at radius 1 is 1.36 bits per heavy atom. The molecule has 0 radical (unpaired) electrons. The Labute approximate surface area is 146 Å². The van der Waals surface area contributed by atoms with Crippen LogP contribution in [-0.2, 0) is 9.47 Å². The highest BCUT2D eigenvalue weighted by Gasteiger charge is 2.47. The number of nitrogens with one attached hydrogen (secondary N) is 1. The fourth-order valence-corrected chi connectivity index (χ4v) is 3.84. The summed E-state index contributed by atoms with van der Waals surface area (Å²) in [6, 6.07) is 6.98. The normalized spacial score (nSPS) is 31.1. The monoisotopic (exact) mass is 346 g/mol. The van der Waals surface area contributed by atoms with Crippen molar-refractivity contribution in [3.05, 3.63) is 29.8 Å². The van der Waals surface area contributed by atoms with Crippen molar-refractivity contribution in [1.29, 1.82) is 0 Å². The van der Waals surface area contributed by atoms with Gasteiger partial charge in [0.2, 0.25) is 0 Å². The van der Waals surface area contributed by atoms with E-state index in [1.54, 1.807) is 18.1 Å². The van der Waals surface area contributed by atoms with Gasteiger partial charge in [0, 0.05) is 20.1 Å². The third kappa shape index (κ3) is 2.98. The van der Waals surface area contributed by atoms with Crippen molar-refractivity contribution in [3.63, 3.8) is 0 Å². The summed E-state index contributed by atoms with van der Waals surface area (Å²) in [6.07, 6.45) is 0.830. The van der Waals surface area contributed by atoms with E-state index >= 15 is 0 Å². The highest BCUT2D eigenvalue weighted by atomic mass is 16.5. The quantitative estimate of drug-likeness (QED) is 0.871. The number of Topliss-reactive ketones (excluding diaryl/α,β-unsaturated/α-hetero) is 1. The largest absolute Gasteiger partial charge is 0.484 e. The summed E-state index contributed by atoms with van der Waals surface area (Å²) in [4.78, 5) is 26.7. The summed E-state index contributed by atoms with van der Waals surface area (Å²) in [5, 5.41) is 2.97. The Hall–Kier alpha value is -2.12. The highest BCUT2D eigenvalue weighted by Crippen LogP contribution is 2.38. The molecule has 134 valence electrons. The van der Waals surface area contributed by atoms with E-state index in [9.17, 15) is 9.59 Å². The molecule has 2 amide bonds. The summed E-state index contributed by atoms with van der Waals surface area (Å²) in [5.41, 5.74) is 0.0114. The Kier molecular flexibility index (Phi) is 4.13. The van der Waals surface area contributed by atoms with E-state index in [1.807, 2.05) is 18.2 Å². The van der Waals surface area contributed by atoms with E-state index in [0.29, 0.717) is 50.5 Å². The minimum Gasteiger partial charge on any atom is -0.484 e. The van der Waals surface area contributed by atoms with Crippen LogP contribution in [-0.4, -0.2) is 67.9 Å². The smallest absolute Gasteiger partial charge is 0.317 e. The molecule has 25 heavy (non-hydrogen) atoms. The third-order valence-corrected chi connectivity index (χ3v) is 5.24. The number of likely N-dealkylation sites (tertiary alicyclic amines) is 1. The summed E-state index contributed by atoms with van der Waals surface area (Å²) < 4.78 is 16.8. The third-order valence-electron chi connectivity index (χ3n) is 5.24. The molecule has 2 fully saturated rings. The van der Waals surface area contributed by atoms with Gasteiger partial charge in [0.25, 0.3) is 0 Å². The molecule has 4 rings (SSSR count). The Balaban J connectivity index is 1.43. The lowest BCUT2D eigenvalue weighted by Crippen LogP contribution is -2.51. The van der Waals surface area contributed by atoms with Crippen LogP contribution in [0.3, 0.4) is 0 Å². The number of fused-ring (bicyclic) bond motifs is 1. The van der Waals surface area contributed by atoms with E-state index in [-0.39, 0.29) is 24.0 Å². The number of rotatable bonds is 2. The lowest BCUT2D eigenvalue weighted by molar-refractivity contribution is 0.0473. The average Bonchev–Trinajstić information content (AvgIpc) is 3.22. The molecule has 1 spiro atoms. The van der Waals surface area contributed by atoms with Crippen molar-refractivity contribution in [1.82, 2.24) is 10.2 Å². The Morgan fingerprint density at radius 2 is 2.20 bits per heavy atom. The number of urea groups is 1. The maximum Gasteiger partial charge on any atom is 0.317 e. The van der Waals surface area contributed by atoms with Crippen LogP contribution in [0, 0.1) is 0 Å². The first-order chi connectivity index (χ1) is 12.1. The maximum atomic E-state index is 12.6. The van der Waals surface area contributed by atoms with Crippen molar-refractivity contribution in [2.45, 2.75) is 30.6 Å². The van der Waals surface area contributed by atoms with Gasteiger partial charge in [-0.2, -0.15) is 0 Å². The van der Waals surface area contributed by atoms with E-state index in [1.165, 1.54) is 0 Å². The molecule has 3 aliphatic rings. The number of carbonyl (C=O) groups is 2. The number of amides is 2. The van der Waals surface area contributed by atoms with Crippen LogP contribution in [0.5, 0.6) is 5.75 Å². The molecule has 0 aromatic heterocycles. The zero-order valence-corrected chi connectivity index (χ0v) is 14.2. The van der Waals surface area contributed by atoms with Gasteiger partial charge < -0.3 is 24.4 Å². The van der Waals surface area contributed by atoms with Crippen molar-refractivity contribution >= 4 is 11.8 Å². The molecule has 3 heterocycles. The van der Waals surface area contributed by atoms with Crippen LogP contribution in [0.1, 0.15) is 23.2 Å². The fraction of sp³-hybridized carbons (Fsp3) is 0.556. The lowest BCUT2D eigenvalue weighted by atomic mass is 9.89. The maximum absolute atomic E-state index is 12.6. The first kappa shape index (κ1) is 16.4. The van der Waals surface area contributed by atoms with Gasteiger partial charge in [-0.3, -0.25) is 4.79 Å². The molecule has 0 aliphatic carbocycles. The summed E-state index contributed by atoms with van der Waals surface area (Å²) in [6.45, 7) is 1.90. The van der Waals surface area contributed by atoms with E-state index in [2.05, 4.69) is 5.32 Å². The SMILES string of the molecule is CO[C@H]1COC[C@H]1NC(=O)N1CCC2(CC(=O)c3ccccc3O2)C1. The molecule has 2 saturated heterocycles. The molecule has 0 bridgehead atoms. The number of benzene rings is 1. The van der Waals surface area contributed by atoms with E-state index in [0.717, 1.165) is 0 Å². The van der Waals surface area contributed by atoms with Crippen LogP contribution < -0.4 is 10.1 Å². The molecule has 1 N–H and O–H groups in total. The van der Waals surface area contributed by atoms with Gasteiger partial charge >= 0.3 is 6.03 Å². The van der Waals surface area contributed by atoms with Gasteiger partial charge in [0.05, 0.1) is 37.8 Å². The number of hydrogen-bond donors (Lipinski definition) is 1. The van der Waals surface area contributed by atoms with E-state index < -0.39 is 5.60 Å². The number of ether oxygens (including phenoxy) is 3. The van der Waals surface area contributed by atoms with E-state index in [4.69, 9.17) is 14.2 Å². The molecule has 3 aliphatic heterocycles. The van der Waals surface area contributed by atoms with Crippen LogP contribution >= 0.6 is 0 Å². The van der Waals surface area contributed by atoms with Crippen LogP contribution in [0.2, 0.25) is 0 Å². The van der Waals surface area contributed by atoms with Crippen molar-refractivity contribution in [2.75, 3.05) is 33.4 Å². The molecule has 1 unspecified atom stereocenters. The lowest BCUT2D eigenvalue weighted by Gasteiger charge is -2.34. The predicted molar refractivity (Wildman–Crippen MR) is 88.9 cm³/mol. The van der Waals surface area contributed by atoms with Gasteiger partial charge in [-0.05, 0) is 12.1 Å². The summed E-state index contributed by atoms with van der Waals surface area (Å²) >= 11 is 0. The predicted octanol–water partition coefficient (Wildman–Crippen LogP) is 1.22. The van der Waals surface area contributed by atoms with Crippen molar-refractivity contribution in [3.8, 4) is 5.75 Å². The second-order valence-electron chi connectivity index (χ2n) is 6.92. The standard InChI is InChI=1S/C18H22N2O5/c1-23-16-10-24-9-13(16)19-17(22)20-7-6-18(11-20)8-14(21)12-4-2-3-5-15(12)25-18/h2-5,13,16H,6-11H2,1H3,(H,19,22)/t13-,16+,18?/m1/s1. The zero-order chi connectivity index (χ0) is 17.4. The number of nitrogens with zero attached hydrogens (tertiary/aromatic N) is 1. The minimum absolute atomic E-state index is 0.0766. The summed E-state index contributed by atoms with van der Waals surface area (Å²) in [5.74, 6) is 0.692. The fourth-order valence-electron chi connectivity index (χ4n) is 3.84. The molecule has 0 saturated carbocycles. The molecule has 1 aromatic rings. The molecule has 7 nitrogen and oxygen atoms in total. The van der Waals surface area contributed by atoms with Gasteiger partial charge in [0.15, 0.2) is 5.78 Å². The number of hydrogen-bond acceptors (Lipinski definition) is 5. The molecule has 3 atom stereocenters. The first-order valence-electron chi connectivity index (χ1n) is 8.57. The topological polar surface area (TPSA) is 77.1 Å². The second kappa shape index (κ2) is 6.31. The van der Waals surface area contributed by atoms with Crippen LogP contribution in [0.4, 0.5) is 4.79 Å². The molecule has 7 heteroatoms. The Morgan fingerprint density at radius 3 is 3.04 bits per heavy atom. The number of para-hydroxylation sites is 1. The number of carbonyl (C=O) groups excluding carboxylic acids is 2. The Bertz CT molecular complexity index is 694.